The molecule has 2 unspecified atom stereocenters. The fraction of sp³-hybridized carbons (Fsp3) is 0.524. The molecule has 0 aliphatic heterocycles. The van der Waals surface area contributed by atoms with Crippen molar-refractivity contribution in [2.75, 3.05) is 0 Å². The Morgan fingerprint density at radius 2 is 1.83 bits per heavy atom. The molecule has 0 bridgehead atoms. The summed E-state index contributed by atoms with van der Waals surface area (Å²) in [6.07, 6.45) is 8.89. The Hall–Kier alpha value is -0.266. The summed E-state index contributed by atoms with van der Waals surface area (Å²) in [6, 6.07) is 8.93. The average Bonchev–Trinajstić information content (AvgIpc) is 2.84. The largest absolute Gasteiger partial charge is 0.343 e. The number of carbonyl (C=O) groups excluding carboxylic acids is 1. The summed E-state index contributed by atoms with van der Waals surface area (Å²) >= 11 is 0. The van der Waals surface area contributed by atoms with Crippen LogP contribution in [0.4, 0.5) is 0 Å². The summed E-state index contributed by atoms with van der Waals surface area (Å²) in [5, 5.41) is 0. The van der Waals surface area contributed by atoms with E-state index in [4.69, 9.17) is 0 Å². The molecular weight excluding hydrogens is 357 g/mol. The van der Waals surface area contributed by atoms with Crippen LogP contribution in [0.2, 0.25) is 0 Å². The van der Waals surface area contributed by atoms with Crippen LogP contribution in [-0.2, 0) is 42.9 Å². The maximum atomic E-state index is 12.2. The third-order valence-corrected chi connectivity index (χ3v) is 4.73. The Kier molecular flexibility index (Phi) is 8.38. The van der Waals surface area contributed by atoms with Crippen molar-refractivity contribution >= 4 is 5.78 Å². The first-order valence-electron chi connectivity index (χ1n) is 8.51. The molecule has 1 aromatic carbocycles. The maximum Gasteiger partial charge on any atom is 0.136 e. The molecule has 2 heteroatoms. The third kappa shape index (κ3) is 5.64. The van der Waals surface area contributed by atoms with E-state index in [2.05, 4.69) is 64.1 Å². The van der Waals surface area contributed by atoms with Crippen molar-refractivity contribution in [1.29, 1.82) is 0 Å². The number of hydrogen-bond donors (Lipinski definition) is 0. The zero-order valence-corrected chi connectivity index (χ0v) is 17.7. The van der Waals surface area contributed by atoms with Gasteiger partial charge >= 0.3 is 0 Å². The van der Waals surface area contributed by atoms with E-state index in [-0.39, 0.29) is 44.0 Å². The van der Waals surface area contributed by atoms with Crippen LogP contribution < -0.4 is 0 Å². The molecular formula is C21H29OY-. The normalized spacial score (nSPS) is 21.7. The minimum absolute atomic E-state index is 0. The first kappa shape index (κ1) is 20.8. The molecule has 1 saturated carbocycles. The van der Waals surface area contributed by atoms with Crippen LogP contribution in [0.1, 0.15) is 69.9 Å². The summed E-state index contributed by atoms with van der Waals surface area (Å²) in [5.41, 5.74) is 2.86. The van der Waals surface area contributed by atoms with Crippen LogP contribution in [0.5, 0.6) is 0 Å². The SMILES string of the molecule is [CH2-]CC/C=C\CC1C(=O)CCC1c1ccc(C(C)(C)C)cc1.[Y]. The number of benzene rings is 1. The van der Waals surface area contributed by atoms with Crippen molar-refractivity contribution in [3.05, 3.63) is 54.5 Å². The predicted molar refractivity (Wildman–Crippen MR) is 94.0 cm³/mol. The van der Waals surface area contributed by atoms with Crippen LogP contribution in [-0.4, -0.2) is 5.78 Å². The van der Waals surface area contributed by atoms with E-state index >= 15 is 0 Å². The van der Waals surface area contributed by atoms with Crippen LogP contribution in [0, 0.1) is 12.8 Å². The number of unbranched alkanes of at least 4 members (excludes halogenated alkanes) is 1. The predicted octanol–water partition coefficient (Wildman–Crippen LogP) is 5.60. The van der Waals surface area contributed by atoms with Gasteiger partial charge in [-0.1, -0.05) is 63.6 Å². The van der Waals surface area contributed by atoms with Crippen LogP contribution >= 0.6 is 0 Å². The van der Waals surface area contributed by atoms with E-state index in [9.17, 15) is 4.79 Å². The summed E-state index contributed by atoms with van der Waals surface area (Å²) in [5.74, 6) is 0.997. The zero-order valence-electron chi connectivity index (χ0n) is 14.8. The molecule has 1 aliphatic carbocycles. The van der Waals surface area contributed by atoms with Gasteiger partial charge in [0.15, 0.2) is 0 Å². The second-order valence-electron chi connectivity index (χ2n) is 7.44. The molecule has 0 N–H and O–H groups in total. The molecule has 1 radical (unpaired) electrons. The summed E-state index contributed by atoms with van der Waals surface area (Å²) < 4.78 is 0. The van der Waals surface area contributed by atoms with Gasteiger partial charge in [-0.05, 0) is 35.3 Å². The second kappa shape index (κ2) is 9.28. The van der Waals surface area contributed by atoms with Gasteiger partial charge in [-0.25, -0.2) is 0 Å². The van der Waals surface area contributed by atoms with E-state index in [0.29, 0.717) is 11.7 Å². The van der Waals surface area contributed by atoms with Gasteiger partial charge in [-0.2, -0.15) is 6.42 Å². The number of rotatable bonds is 5. The number of hydrogen-bond acceptors (Lipinski definition) is 1. The van der Waals surface area contributed by atoms with Gasteiger partial charge in [-0.15, -0.1) is 0 Å². The number of allylic oxidation sites excluding steroid dienone is 2. The molecule has 23 heavy (non-hydrogen) atoms. The first-order valence-corrected chi connectivity index (χ1v) is 8.51. The minimum atomic E-state index is 0. The molecule has 0 saturated heterocycles. The van der Waals surface area contributed by atoms with Crippen molar-refractivity contribution in [3.8, 4) is 0 Å². The van der Waals surface area contributed by atoms with Crippen LogP contribution in [0.15, 0.2) is 36.4 Å². The standard InChI is InChI=1S/C21H29O.Y/c1-5-6-7-8-9-19-18(14-15-20(19)22)16-10-12-17(13-11-16)21(2,3)4;/h7-8,10-13,18-19H,1,5-6,9,14-15H2,2-4H3;/q-1;/b8-7-;. The summed E-state index contributed by atoms with van der Waals surface area (Å²) in [6.45, 7) is 10.5. The van der Waals surface area contributed by atoms with Gasteiger partial charge in [0, 0.05) is 45.0 Å². The molecule has 1 aromatic rings. The van der Waals surface area contributed by atoms with Gasteiger partial charge in [-0.3, -0.25) is 4.79 Å². The zero-order chi connectivity index (χ0) is 16.2. The van der Waals surface area contributed by atoms with Crippen LogP contribution in [0.25, 0.3) is 0 Å². The van der Waals surface area contributed by atoms with Gasteiger partial charge < -0.3 is 6.92 Å². The van der Waals surface area contributed by atoms with Gasteiger partial charge in [0.1, 0.15) is 5.78 Å². The fourth-order valence-corrected chi connectivity index (χ4v) is 3.31. The topological polar surface area (TPSA) is 17.1 Å². The molecule has 0 spiro atoms. The number of Topliss-reactive ketones (excluding diaryl/α,β-unsaturated/α-hetero) is 1. The number of carbonyl (C=O) groups is 1. The van der Waals surface area contributed by atoms with Crippen LogP contribution in [0.3, 0.4) is 0 Å². The molecule has 2 atom stereocenters. The molecule has 1 aliphatic rings. The third-order valence-electron chi connectivity index (χ3n) is 4.73. The Balaban J connectivity index is 0.00000264. The Morgan fingerprint density at radius 1 is 1.17 bits per heavy atom. The molecule has 1 nitrogen and oxygen atoms in total. The van der Waals surface area contributed by atoms with E-state index in [0.717, 1.165) is 32.1 Å². The summed E-state index contributed by atoms with van der Waals surface area (Å²) in [7, 11) is 0. The average molecular weight is 386 g/mol. The smallest absolute Gasteiger partial charge is 0.136 e. The van der Waals surface area contributed by atoms with Crippen molar-refractivity contribution in [3.63, 3.8) is 0 Å². The van der Waals surface area contributed by atoms with E-state index in [1.807, 2.05) is 0 Å². The number of ketones is 1. The van der Waals surface area contributed by atoms with E-state index < -0.39 is 0 Å². The van der Waals surface area contributed by atoms with E-state index in [1.54, 1.807) is 0 Å². The minimum Gasteiger partial charge on any atom is -0.343 e. The van der Waals surface area contributed by atoms with Gasteiger partial charge in [0.25, 0.3) is 0 Å². The molecule has 1 fully saturated rings. The quantitative estimate of drug-likeness (QED) is 0.475. The van der Waals surface area contributed by atoms with Crippen molar-refractivity contribution < 1.29 is 37.5 Å². The first-order chi connectivity index (χ1) is 10.4. The Morgan fingerprint density at radius 3 is 2.39 bits per heavy atom. The Labute approximate surface area is 167 Å². The Bertz CT molecular complexity index is 522. The molecule has 0 amide bonds. The fourth-order valence-electron chi connectivity index (χ4n) is 3.31. The van der Waals surface area contributed by atoms with Crippen molar-refractivity contribution in [1.82, 2.24) is 0 Å². The second-order valence-corrected chi connectivity index (χ2v) is 7.44. The molecule has 0 aromatic heterocycles. The summed E-state index contributed by atoms with van der Waals surface area (Å²) in [4.78, 5) is 12.2. The monoisotopic (exact) mass is 386 g/mol. The van der Waals surface area contributed by atoms with E-state index in [1.165, 1.54) is 11.1 Å². The molecule has 0 heterocycles. The van der Waals surface area contributed by atoms with Crippen molar-refractivity contribution in [2.24, 2.45) is 5.92 Å². The maximum absolute atomic E-state index is 12.2. The van der Waals surface area contributed by atoms with Crippen molar-refractivity contribution in [2.45, 2.75) is 64.2 Å². The van der Waals surface area contributed by atoms with Gasteiger partial charge in [0.05, 0.1) is 0 Å². The van der Waals surface area contributed by atoms with Gasteiger partial charge in [0.2, 0.25) is 0 Å². The molecule has 2 rings (SSSR count). The molecule has 123 valence electrons.